The molecule has 0 spiro atoms. The average Bonchev–Trinajstić information content (AvgIpc) is 1.73. The highest BCUT2D eigenvalue weighted by Crippen LogP contribution is 2.29. The van der Waals surface area contributed by atoms with Crippen LogP contribution < -0.4 is 0 Å². The standard InChI is InChI=1S/C10H23NOSi/c1-10(2,3)12-11-8-7-9(11)13(4,5)6/h9H,7-8H2,1-6H3. The van der Waals surface area contributed by atoms with Crippen LogP contribution in [0.25, 0.3) is 0 Å². The lowest BCUT2D eigenvalue weighted by atomic mass is 10.2. The van der Waals surface area contributed by atoms with Gasteiger partial charge in [0.15, 0.2) is 0 Å². The van der Waals surface area contributed by atoms with Crippen LogP contribution in [0.5, 0.6) is 0 Å². The van der Waals surface area contributed by atoms with Crippen molar-refractivity contribution in [2.75, 3.05) is 6.54 Å². The maximum absolute atomic E-state index is 5.88. The Morgan fingerprint density at radius 3 is 2.00 bits per heavy atom. The molecular formula is C10H23NOSi. The van der Waals surface area contributed by atoms with Gasteiger partial charge < -0.3 is 0 Å². The van der Waals surface area contributed by atoms with E-state index in [2.05, 4.69) is 45.5 Å². The fraction of sp³-hybridized carbons (Fsp3) is 1.00. The lowest BCUT2D eigenvalue weighted by Crippen LogP contribution is -2.61. The monoisotopic (exact) mass is 201 g/mol. The van der Waals surface area contributed by atoms with Gasteiger partial charge in [-0.15, -0.1) is 0 Å². The van der Waals surface area contributed by atoms with Gasteiger partial charge in [-0.1, -0.05) is 19.6 Å². The molecule has 0 amide bonds. The lowest BCUT2D eigenvalue weighted by Gasteiger charge is -2.48. The van der Waals surface area contributed by atoms with Crippen LogP contribution in [0, 0.1) is 0 Å². The predicted octanol–water partition coefficient (Wildman–Crippen LogP) is 2.67. The summed E-state index contributed by atoms with van der Waals surface area (Å²) in [6, 6.07) is 0. The van der Waals surface area contributed by atoms with Crippen molar-refractivity contribution in [3.63, 3.8) is 0 Å². The van der Waals surface area contributed by atoms with Crippen molar-refractivity contribution in [1.29, 1.82) is 0 Å². The van der Waals surface area contributed by atoms with E-state index in [0.29, 0.717) is 0 Å². The van der Waals surface area contributed by atoms with E-state index >= 15 is 0 Å². The van der Waals surface area contributed by atoms with Gasteiger partial charge in [0.05, 0.1) is 13.7 Å². The molecule has 78 valence electrons. The zero-order chi connectivity index (χ0) is 10.3. The SMILES string of the molecule is CC(C)(C)ON1CCC1[Si](C)(C)C. The second-order valence-electron chi connectivity index (χ2n) is 6.01. The van der Waals surface area contributed by atoms with Gasteiger partial charge in [-0.2, -0.15) is 5.06 Å². The zero-order valence-electron chi connectivity index (χ0n) is 9.85. The molecule has 1 heterocycles. The molecule has 0 radical (unpaired) electrons. The summed E-state index contributed by atoms with van der Waals surface area (Å²) in [5, 5.41) is 2.20. The van der Waals surface area contributed by atoms with Gasteiger partial charge in [-0.3, -0.25) is 4.84 Å². The molecule has 3 heteroatoms. The van der Waals surface area contributed by atoms with E-state index in [-0.39, 0.29) is 5.60 Å². The van der Waals surface area contributed by atoms with Crippen LogP contribution in [-0.2, 0) is 4.84 Å². The molecule has 1 saturated heterocycles. The van der Waals surface area contributed by atoms with E-state index in [9.17, 15) is 0 Å². The van der Waals surface area contributed by atoms with Crippen LogP contribution in [0.3, 0.4) is 0 Å². The zero-order valence-corrected chi connectivity index (χ0v) is 10.8. The Balaban J connectivity index is 2.47. The Bertz CT molecular complexity index is 180. The number of hydrogen-bond donors (Lipinski definition) is 0. The number of hydroxylamine groups is 2. The molecule has 13 heavy (non-hydrogen) atoms. The van der Waals surface area contributed by atoms with Crippen molar-refractivity contribution < 1.29 is 4.84 Å². The molecule has 0 N–H and O–H groups in total. The molecule has 0 aromatic rings. The van der Waals surface area contributed by atoms with Gasteiger partial charge in [0, 0.05) is 12.2 Å². The maximum Gasteiger partial charge on any atom is 0.0815 e. The lowest BCUT2D eigenvalue weighted by molar-refractivity contribution is -0.270. The average molecular weight is 201 g/mol. The molecule has 1 aliphatic heterocycles. The number of nitrogens with zero attached hydrogens (tertiary/aromatic N) is 1. The summed E-state index contributed by atoms with van der Waals surface area (Å²) in [5.74, 6) is 0. The summed E-state index contributed by atoms with van der Waals surface area (Å²) >= 11 is 0. The first kappa shape index (κ1) is 11.2. The first-order valence-corrected chi connectivity index (χ1v) is 8.74. The Labute approximate surface area is 83.2 Å². The van der Waals surface area contributed by atoms with Crippen LogP contribution in [0.1, 0.15) is 27.2 Å². The van der Waals surface area contributed by atoms with Crippen molar-refractivity contribution in [3.05, 3.63) is 0 Å². The second kappa shape index (κ2) is 3.37. The Morgan fingerprint density at radius 1 is 1.23 bits per heavy atom. The van der Waals surface area contributed by atoms with Crippen molar-refractivity contribution in [1.82, 2.24) is 5.06 Å². The van der Waals surface area contributed by atoms with Gasteiger partial charge in [-0.05, 0) is 27.2 Å². The fourth-order valence-corrected chi connectivity index (χ4v) is 3.73. The number of hydrogen-bond acceptors (Lipinski definition) is 2. The summed E-state index contributed by atoms with van der Waals surface area (Å²) in [7, 11) is -1.04. The first-order valence-electron chi connectivity index (χ1n) is 5.16. The Kier molecular flexibility index (Phi) is 2.91. The van der Waals surface area contributed by atoms with Crippen molar-refractivity contribution >= 4 is 8.07 Å². The van der Waals surface area contributed by atoms with Crippen LogP contribution >= 0.6 is 0 Å². The van der Waals surface area contributed by atoms with Crippen LogP contribution in [-0.4, -0.2) is 30.9 Å². The van der Waals surface area contributed by atoms with Crippen LogP contribution in [0.2, 0.25) is 19.6 Å². The third-order valence-electron chi connectivity index (χ3n) is 2.36. The minimum absolute atomic E-state index is 0.0294. The predicted molar refractivity (Wildman–Crippen MR) is 59.3 cm³/mol. The molecule has 1 rings (SSSR count). The second-order valence-corrected chi connectivity index (χ2v) is 11.4. The molecule has 2 nitrogen and oxygen atoms in total. The van der Waals surface area contributed by atoms with E-state index in [1.807, 2.05) is 0 Å². The highest BCUT2D eigenvalue weighted by atomic mass is 28.3. The highest BCUT2D eigenvalue weighted by Gasteiger charge is 2.40. The fourth-order valence-electron chi connectivity index (χ4n) is 1.69. The van der Waals surface area contributed by atoms with Gasteiger partial charge in [-0.25, -0.2) is 0 Å². The minimum Gasteiger partial charge on any atom is -0.293 e. The summed E-state index contributed by atoms with van der Waals surface area (Å²) in [5.41, 5.74) is 0.699. The molecule has 1 unspecified atom stereocenters. The largest absolute Gasteiger partial charge is 0.293 e. The van der Waals surface area contributed by atoms with Crippen molar-refractivity contribution in [3.8, 4) is 0 Å². The van der Waals surface area contributed by atoms with Crippen molar-refractivity contribution in [2.45, 2.75) is 58.1 Å². The highest BCUT2D eigenvalue weighted by molar-refractivity contribution is 6.77. The third-order valence-corrected chi connectivity index (χ3v) is 4.94. The number of rotatable bonds is 2. The van der Waals surface area contributed by atoms with E-state index in [4.69, 9.17) is 4.84 Å². The molecule has 0 saturated carbocycles. The van der Waals surface area contributed by atoms with E-state index in [1.165, 1.54) is 6.42 Å². The summed E-state index contributed by atoms with van der Waals surface area (Å²) < 4.78 is 0. The first-order chi connectivity index (χ1) is 5.70. The Morgan fingerprint density at radius 2 is 1.77 bits per heavy atom. The van der Waals surface area contributed by atoms with Gasteiger partial charge in [0.1, 0.15) is 0 Å². The van der Waals surface area contributed by atoms with E-state index in [0.717, 1.165) is 12.2 Å². The molecule has 1 atom stereocenters. The van der Waals surface area contributed by atoms with Gasteiger partial charge >= 0.3 is 0 Å². The molecule has 0 aliphatic carbocycles. The molecule has 1 aliphatic rings. The van der Waals surface area contributed by atoms with E-state index in [1.54, 1.807) is 0 Å². The van der Waals surface area contributed by atoms with Gasteiger partial charge in [0.25, 0.3) is 0 Å². The third kappa shape index (κ3) is 3.08. The van der Waals surface area contributed by atoms with Crippen LogP contribution in [0.15, 0.2) is 0 Å². The topological polar surface area (TPSA) is 12.5 Å². The summed E-state index contributed by atoms with van der Waals surface area (Å²) in [6.07, 6.45) is 1.33. The van der Waals surface area contributed by atoms with Gasteiger partial charge in [0.2, 0.25) is 0 Å². The normalized spacial score (nSPS) is 25.8. The van der Waals surface area contributed by atoms with E-state index < -0.39 is 8.07 Å². The molecule has 0 aromatic carbocycles. The molecule has 1 fully saturated rings. The Hall–Kier alpha value is 0.137. The molecule has 0 aromatic heterocycles. The smallest absolute Gasteiger partial charge is 0.0815 e. The van der Waals surface area contributed by atoms with Crippen molar-refractivity contribution in [2.24, 2.45) is 0 Å². The minimum atomic E-state index is -1.04. The molecular weight excluding hydrogens is 178 g/mol. The summed E-state index contributed by atoms with van der Waals surface area (Å²) in [6.45, 7) is 14.7. The quantitative estimate of drug-likeness (QED) is 0.637. The summed E-state index contributed by atoms with van der Waals surface area (Å²) in [4.78, 5) is 5.88. The van der Waals surface area contributed by atoms with Crippen LogP contribution in [0.4, 0.5) is 0 Å². The molecule has 0 bridgehead atoms. The maximum atomic E-state index is 5.88.